The van der Waals surface area contributed by atoms with E-state index >= 15 is 0 Å². The van der Waals surface area contributed by atoms with E-state index in [4.69, 9.17) is 18.0 Å². The van der Waals surface area contributed by atoms with Gasteiger partial charge in [-0.15, -0.1) is 0 Å². The van der Waals surface area contributed by atoms with Crippen LogP contribution in [0.25, 0.3) is 0 Å². The van der Waals surface area contributed by atoms with Crippen molar-refractivity contribution in [2.45, 2.75) is 26.7 Å². The molecule has 0 fully saturated rings. The minimum Gasteiger partial charge on any atom is -0.393 e. The molecule has 1 unspecified atom stereocenters. The summed E-state index contributed by atoms with van der Waals surface area (Å²) < 4.78 is 0. The smallest absolute Gasteiger partial charge is 0.234 e. The van der Waals surface area contributed by atoms with Crippen molar-refractivity contribution in [3.05, 3.63) is 29.8 Å². The fraction of sp³-hybridized carbons (Fsp3) is 0.385. The van der Waals surface area contributed by atoms with Crippen molar-refractivity contribution in [3.8, 4) is 0 Å². The topological polar surface area (TPSA) is 55.1 Å². The van der Waals surface area contributed by atoms with E-state index in [0.29, 0.717) is 5.92 Å². The summed E-state index contributed by atoms with van der Waals surface area (Å²) in [5.74, 6) is -0.189. The lowest BCUT2D eigenvalue weighted by atomic mass is 10.0. The molecule has 1 aromatic carbocycles. The molecule has 1 aromatic rings. The molecule has 92 valence electrons. The van der Waals surface area contributed by atoms with Gasteiger partial charge in [-0.05, 0) is 30.5 Å². The SMILES string of the molecule is CC(C(=O)Nc1cccc(C(C)C)c1)C(N)=S. The van der Waals surface area contributed by atoms with Crippen LogP contribution in [-0.2, 0) is 4.79 Å². The van der Waals surface area contributed by atoms with Crippen LogP contribution < -0.4 is 11.1 Å². The van der Waals surface area contributed by atoms with Crippen molar-refractivity contribution in [2.24, 2.45) is 11.7 Å². The Kier molecular flexibility index (Phi) is 4.63. The number of carbonyl (C=O) groups excluding carboxylic acids is 1. The van der Waals surface area contributed by atoms with Gasteiger partial charge in [0.25, 0.3) is 0 Å². The third-order valence-corrected chi connectivity index (χ3v) is 2.99. The summed E-state index contributed by atoms with van der Waals surface area (Å²) in [6, 6.07) is 7.79. The Morgan fingerprint density at radius 2 is 2.00 bits per heavy atom. The van der Waals surface area contributed by atoms with Crippen LogP contribution in [0, 0.1) is 5.92 Å². The second-order valence-corrected chi connectivity index (χ2v) is 4.86. The zero-order valence-electron chi connectivity index (χ0n) is 10.4. The van der Waals surface area contributed by atoms with Crippen molar-refractivity contribution in [3.63, 3.8) is 0 Å². The van der Waals surface area contributed by atoms with E-state index in [9.17, 15) is 4.79 Å². The molecule has 3 nitrogen and oxygen atoms in total. The standard InChI is InChI=1S/C13H18N2OS/c1-8(2)10-5-4-6-11(7-10)15-13(16)9(3)12(14)17/h4-9H,1-3H3,(H2,14,17)(H,15,16). The summed E-state index contributed by atoms with van der Waals surface area (Å²) in [7, 11) is 0. The highest BCUT2D eigenvalue weighted by molar-refractivity contribution is 7.80. The summed E-state index contributed by atoms with van der Waals surface area (Å²) in [6.45, 7) is 5.92. The van der Waals surface area contributed by atoms with E-state index < -0.39 is 5.92 Å². The lowest BCUT2D eigenvalue weighted by Crippen LogP contribution is -2.30. The number of nitrogens with one attached hydrogen (secondary N) is 1. The van der Waals surface area contributed by atoms with Gasteiger partial charge in [0.15, 0.2) is 0 Å². The second-order valence-electron chi connectivity index (χ2n) is 4.39. The van der Waals surface area contributed by atoms with E-state index in [0.717, 1.165) is 5.69 Å². The average Bonchev–Trinajstić information content (AvgIpc) is 2.28. The molecule has 1 rings (SSSR count). The van der Waals surface area contributed by atoms with Crippen LogP contribution in [0.15, 0.2) is 24.3 Å². The molecule has 0 bridgehead atoms. The zero-order chi connectivity index (χ0) is 13.0. The fourth-order valence-electron chi connectivity index (χ4n) is 1.36. The highest BCUT2D eigenvalue weighted by Gasteiger charge is 2.15. The first-order valence-corrected chi connectivity index (χ1v) is 6.02. The molecule has 3 N–H and O–H groups in total. The van der Waals surface area contributed by atoms with Crippen LogP contribution in [0.5, 0.6) is 0 Å². The van der Waals surface area contributed by atoms with E-state index in [-0.39, 0.29) is 10.9 Å². The van der Waals surface area contributed by atoms with Gasteiger partial charge in [0.1, 0.15) is 0 Å². The zero-order valence-corrected chi connectivity index (χ0v) is 11.2. The van der Waals surface area contributed by atoms with Crippen molar-refractivity contribution >= 4 is 28.8 Å². The first-order chi connectivity index (χ1) is 7.91. The molecular formula is C13H18N2OS. The number of hydrogen-bond donors (Lipinski definition) is 2. The van der Waals surface area contributed by atoms with Crippen molar-refractivity contribution in [1.29, 1.82) is 0 Å². The molecule has 0 aliphatic carbocycles. The number of carbonyl (C=O) groups is 1. The molecule has 0 aliphatic heterocycles. The number of benzene rings is 1. The molecule has 0 aliphatic rings. The molecule has 0 radical (unpaired) electrons. The molecule has 0 spiro atoms. The molecular weight excluding hydrogens is 232 g/mol. The fourth-order valence-corrected chi connectivity index (χ4v) is 1.46. The largest absolute Gasteiger partial charge is 0.393 e. The Hall–Kier alpha value is -1.42. The maximum Gasteiger partial charge on any atom is 0.234 e. The molecule has 0 saturated carbocycles. The lowest BCUT2D eigenvalue weighted by molar-refractivity contribution is -0.117. The van der Waals surface area contributed by atoms with Crippen molar-refractivity contribution in [2.75, 3.05) is 5.32 Å². The van der Waals surface area contributed by atoms with Gasteiger partial charge >= 0.3 is 0 Å². The predicted octanol–water partition coefficient (Wildman–Crippen LogP) is 2.67. The predicted molar refractivity (Wildman–Crippen MR) is 75.1 cm³/mol. The lowest BCUT2D eigenvalue weighted by Gasteiger charge is -2.12. The van der Waals surface area contributed by atoms with Gasteiger partial charge in [0, 0.05) is 5.69 Å². The summed E-state index contributed by atoms with van der Waals surface area (Å²) in [5.41, 5.74) is 7.41. The Morgan fingerprint density at radius 3 is 2.53 bits per heavy atom. The van der Waals surface area contributed by atoms with E-state index in [2.05, 4.69) is 19.2 Å². The van der Waals surface area contributed by atoms with Gasteiger partial charge in [-0.3, -0.25) is 4.79 Å². The van der Waals surface area contributed by atoms with Gasteiger partial charge in [0.2, 0.25) is 5.91 Å². The Bertz CT molecular complexity index is 429. The Labute approximate surface area is 107 Å². The third-order valence-electron chi connectivity index (χ3n) is 2.64. The monoisotopic (exact) mass is 250 g/mol. The van der Waals surface area contributed by atoms with Gasteiger partial charge < -0.3 is 11.1 Å². The van der Waals surface area contributed by atoms with E-state index in [1.54, 1.807) is 6.92 Å². The number of hydrogen-bond acceptors (Lipinski definition) is 2. The minimum absolute atomic E-state index is 0.168. The van der Waals surface area contributed by atoms with Crippen LogP contribution in [0.1, 0.15) is 32.3 Å². The van der Waals surface area contributed by atoms with Gasteiger partial charge in [-0.25, -0.2) is 0 Å². The van der Waals surface area contributed by atoms with Crippen LogP contribution in [-0.4, -0.2) is 10.9 Å². The van der Waals surface area contributed by atoms with Crippen LogP contribution in [0.4, 0.5) is 5.69 Å². The number of thiocarbonyl (C=S) groups is 1. The third kappa shape index (κ3) is 3.82. The minimum atomic E-state index is -0.451. The molecule has 0 aromatic heterocycles. The van der Waals surface area contributed by atoms with Crippen molar-refractivity contribution in [1.82, 2.24) is 0 Å². The number of rotatable bonds is 4. The van der Waals surface area contributed by atoms with E-state index in [1.165, 1.54) is 5.56 Å². The van der Waals surface area contributed by atoms with Gasteiger partial charge in [0.05, 0.1) is 10.9 Å². The summed E-state index contributed by atoms with van der Waals surface area (Å²) in [6.07, 6.45) is 0. The van der Waals surface area contributed by atoms with E-state index in [1.807, 2.05) is 24.3 Å². The second kappa shape index (κ2) is 5.77. The van der Waals surface area contributed by atoms with Gasteiger partial charge in [-0.2, -0.15) is 0 Å². The molecule has 0 heterocycles. The first kappa shape index (κ1) is 13.6. The van der Waals surface area contributed by atoms with Crippen LogP contribution in [0.2, 0.25) is 0 Å². The van der Waals surface area contributed by atoms with Gasteiger partial charge in [-0.1, -0.05) is 38.2 Å². The molecule has 4 heteroatoms. The van der Waals surface area contributed by atoms with Crippen molar-refractivity contribution < 1.29 is 4.79 Å². The highest BCUT2D eigenvalue weighted by atomic mass is 32.1. The van der Waals surface area contributed by atoms with Crippen LogP contribution in [0.3, 0.4) is 0 Å². The first-order valence-electron chi connectivity index (χ1n) is 5.62. The quantitative estimate of drug-likeness (QED) is 0.808. The van der Waals surface area contributed by atoms with Crippen LogP contribution >= 0.6 is 12.2 Å². The summed E-state index contributed by atoms with van der Waals surface area (Å²) in [5, 5.41) is 2.81. The average molecular weight is 250 g/mol. The molecule has 1 atom stereocenters. The number of amides is 1. The number of anilines is 1. The Morgan fingerprint density at radius 1 is 1.35 bits per heavy atom. The maximum atomic E-state index is 11.8. The maximum absolute atomic E-state index is 11.8. The summed E-state index contributed by atoms with van der Waals surface area (Å²) >= 11 is 4.79. The number of nitrogens with two attached hydrogens (primary N) is 1. The Balaban J connectivity index is 2.78. The molecule has 0 saturated heterocycles. The molecule has 1 amide bonds. The summed E-state index contributed by atoms with van der Waals surface area (Å²) in [4.78, 5) is 12.0. The molecule has 17 heavy (non-hydrogen) atoms. The highest BCUT2D eigenvalue weighted by Crippen LogP contribution is 2.18. The normalized spacial score (nSPS) is 12.2.